The van der Waals surface area contributed by atoms with Gasteiger partial charge >= 0.3 is 6.09 Å². The van der Waals surface area contributed by atoms with Gasteiger partial charge in [0.1, 0.15) is 0 Å². The van der Waals surface area contributed by atoms with Crippen molar-refractivity contribution in [1.29, 1.82) is 0 Å². The fourth-order valence-electron chi connectivity index (χ4n) is 4.22. The lowest BCUT2D eigenvalue weighted by Crippen LogP contribution is -2.47. The van der Waals surface area contributed by atoms with E-state index in [-0.39, 0.29) is 29.4 Å². The van der Waals surface area contributed by atoms with E-state index in [1.165, 1.54) is 11.8 Å². The molecule has 0 bridgehead atoms. The predicted octanol–water partition coefficient (Wildman–Crippen LogP) is 3.83. The van der Waals surface area contributed by atoms with E-state index in [1.807, 2.05) is 50.2 Å². The Balaban J connectivity index is 1.50. The Bertz CT molecular complexity index is 1300. The Labute approximate surface area is 208 Å². The number of thioether (sulfide) groups is 1. The lowest BCUT2D eigenvalue weighted by Gasteiger charge is -2.31. The number of hydrogen-bond donors (Lipinski definition) is 1. The fourth-order valence-corrected chi connectivity index (χ4v) is 5.04. The lowest BCUT2D eigenvalue weighted by atomic mass is 10.1. The highest BCUT2D eigenvalue weighted by molar-refractivity contribution is 7.99. The lowest BCUT2D eigenvalue weighted by molar-refractivity contribution is -0.119. The van der Waals surface area contributed by atoms with Crippen molar-refractivity contribution in [2.24, 2.45) is 0 Å². The summed E-state index contributed by atoms with van der Waals surface area (Å²) in [5, 5.41) is 4.08. The second-order valence-corrected chi connectivity index (χ2v) is 9.53. The zero-order valence-electron chi connectivity index (χ0n) is 20.2. The van der Waals surface area contributed by atoms with E-state index in [2.05, 4.69) is 5.32 Å². The molecule has 35 heavy (non-hydrogen) atoms. The standard InChI is InChI=1S/C26H30N4O4S/c1-4-34-26(33)29-14-12-19(13-15-29)27-23(31)16-35-25-28-21-10-6-5-9-20(21)24(32)30(25)22-11-7-8-17(2)18(22)3/h5-11,19H,4,12-16H2,1-3H3,(H,27,31). The zero-order chi connectivity index (χ0) is 24.9. The van der Waals surface area contributed by atoms with Gasteiger partial charge in [-0.05, 0) is 62.9 Å². The van der Waals surface area contributed by atoms with Crippen molar-refractivity contribution in [3.63, 3.8) is 0 Å². The summed E-state index contributed by atoms with van der Waals surface area (Å²) >= 11 is 1.25. The maximum atomic E-state index is 13.5. The SMILES string of the molecule is CCOC(=O)N1CCC(NC(=O)CSc2nc3ccccc3c(=O)n2-c2cccc(C)c2C)CC1. The van der Waals surface area contributed by atoms with Crippen LogP contribution in [0.2, 0.25) is 0 Å². The van der Waals surface area contributed by atoms with Gasteiger partial charge in [-0.25, -0.2) is 9.78 Å². The van der Waals surface area contributed by atoms with Crippen molar-refractivity contribution in [2.45, 2.75) is 44.8 Å². The Morgan fingerprint density at radius 1 is 1.11 bits per heavy atom. The Kier molecular flexibility index (Phi) is 7.75. The molecule has 1 fully saturated rings. The third-order valence-corrected chi connectivity index (χ3v) is 7.22. The summed E-state index contributed by atoms with van der Waals surface area (Å²) in [5.41, 5.74) is 3.28. The molecule has 0 unspecified atom stereocenters. The quantitative estimate of drug-likeness (QED) is 0.414. The monoisotopic (exact) mass is 494 g/mol. The number of amides is 2. The molecular formula is C26H30N4O4S. The van der Waals surface area contributed by atoms with Crippen LogP contribution in [0.4, 0.5) is 4.79 Å². The minimum Gasteiger partial charge on any atom is -0.450 e. The van der Waals surface area contributed by atoms with E-state index >= 15 is 0 Å². The second-order valence-electron chi connectivity index (χ2n) is 8.59. The number of likely N-dealkylation sites (tertiary alicyclic amines) is 1. The second kappa shape index (κ2) is 10.9. The zero-order valence-corrected chi connectivity index (χ0v) is 21.1. The minimum atomic E-state index is -0.306. The van der Waals surface area contributed by atoms with Gasteiger partial charge in [0.05, 0.1) is 29.0 Å². The molecule has 1 aliphatic heterocycles. The fraction of sp³-hybridized carbons (Fsp3) is 0.385. The first-order valence-electron chi connectivity index (χ1n) is 11.8. The van der Waals surface area contributed by atoms with E-state index < -0.39 is 0 Å². The molecule has 4 rings (SSSR count). The molecule has 8 nitrogen and oxygen atoms in total. The van der Waals surface area contributed by atoms with Crippen molar-refractivity contribution < 1.29 is 14.3 Å². The van der Waals surface area contributed by atoms with Crippen molar-refractivity contribution in [1.82, 2.24) is 19.8 Å². The number of hydrogen-bond acceptors (Lipinski definition) is 6. The summed E-state index contributed by atoms with van der Waals surface area (Å²) in [6.45, 7) is 7.22. The van der Waals surface area contributed by atoms with Crippen LogP contribution >= 0.6 is 11.8 Å². The molecular weight excluding hydrogens is 464 g/mol. The van der Waals surface area contributed by atoms with Crippen LogP contribution in [0.15, 0.2) is 52.4 Å². The van der Waals surface area contributed by atoms with E-state index in [4.69, 9.17) is 9.72 Å². The van der Waals surface area contributed by atoms with Crippen LogP contribution in [-0.4, -0.2) is 57.9 Å². The average molecular weight is 495 g/mol. The number of aryl methyl sites for hydroxylation is 1. The van der Waals surface area contributed by atoms with Crippen LogP contribution < -0.4 is 10.9 Å². The number of benzene rings is 2. The molecule has 2 heterocycles. The van der Waals surface area contributed by atoms with E-state index in [0.717, 1.165) is 16.8 Å². The molecule has 2 aromatic carbocycles. The Hall–Kier alpha value is -3.33. The summed E-state index contributed by atoms with van der Waals surface area (Å²) in [6.07, 6.45) is 1.05. The molecule has 9 heteroatoms. The summed E-state index contributed by atoms with van der Waals surface area (Å²) in [4.78, 5) is 44.5. The molecule has 1 aliphatic rings. The van der Waals surface area contributed by atoms with E-state index in [1.54, 1.807) is 22.5 Å². The topological polar surface area (TPSA) is 93.5 Å². The first-order valence-corrected chi connectivity index (χ1v) is 12.8. The van der Waals surface area contributed by atoms with Gasteiger partial charge in [0.25, 0.3) is 5.56 Å². The van der Waals surface area contributed by atoms with Crippen molar-refractivity contribution >= 4 is 34.7 Å². The molecule has 0 saturated carbocycles. The number of carbonyl (C=O) groups excluding carboxylic acids is 2. The van der Waals surface area contributed by atoms with Crippen LogP contribution in [0.1, 0.15) is 30.9 Å². The van der Waals surface area contributed by atoms with Crippen LogP contribution in [0.25, 0.3) is 16.6 Å². The Morgan fingerprint density at radius 3 is 2.60 bits per heavy atom. The summed E-state index contributed by atoms with van der Waals surface area (Å²) in [6, 6.07) is 13.1. The highest BCUT2D eigenvalue weighted by Gasteiger charge is 2.25. The maximum Gasteiger partial charge on any atom is 0.409 e. The average Bonchev–Trinajstić information content (AvgIpc) is 2.85. The van der Waals surface area contributed by atoms with Crippen LogP contribution in [0.5, 0.6) is 0 Å². The highest BCUT2D eigenvalue weighted by atomic mass is 32.2. The molecule has 0 spiro atoms. The van der Waals surface area contributed by atoms with Gasteiger partial charge in [0.15, 0.2) is 5.16 Å². The molecule has 1 N–H and O–H groups in total. The van der Waals surface area contributed by atoms with Crippen molar-refractivity contribution in [2.75, 3.05) is 25.4 Å². The molecule has 0 atom stereocenters. The van der Waals surface area contributed by atoms with Gasteiger partial charge < -0.3 is 15.0 Å². The third kappa shape index (κ3) is 5.51. The van der Waals surface area contributed by atoms with Crippen LogP contribution in [-0.2, 0) is 9.53 Å². The maximum absolute atomic E-state index is 13.5. The van der Waals surface area contributed by atoms with E-state index in [9.17, 15) is 14.4 Å². The number of nitrogens with zero attached hydrogens (tertiary/aromatic N) is 3. The van der Waals surface area contributed by atoms with Gasteiger partial charge in [0, 0.05) is 19.1 Å². The van der Waals surface area contributed by atoms with Crippen molar-refractivity contribution in [3.05, 3.63) is 63.9 Å². The number of ether oxygens (including phenoxy) is 1. The normalized spacial score (nSPS) is 14.2. The number of nitrogens with one attached hydrogen (secondary N) is 1. The Morgan fingerprint density at radius 2 is 1.86 bits per heavy atom. The van der Waals surface area contributed by atoms with E-state index in [0.29, 0.717) is 48.6 Å². The van der Waals surface area contributed by atoms with Gasteiger partial charge in [-0.1, -0.05) is 36.0 Å². The first kappa shape index (κ1) is 24.8. The molecule has 1 aromatic heterocycles. The van der Waals surface area contributed by atoms with Gasteiger partial charge in [0.2, 0.25) is 5.91 Å². The molecule has 3 aromatic rings. The number of rotatable bonds is 6. The first-order chi connectivity index (χ1) is 16.9. The van der Waals surface area contributed by atoms with Crippen molar-refractivity contribution in [3.8, 4) is 5.69 Å². The molecule has 0 radical (unpaired) electrons. The van der Waals surface area contributed by atoms with Gasteiger partial charge in [-0.2, -0.15) is 0 Å². The molecule has 1 saturated heterocycles. The smallest absolute Gasteiger partial charge is 0.409 e. The minimum absolute atomic E-state index is 0.000417. The predicted molar refractivity (Wildman–Crippen MR) is 137 cm³/mol. The molecule has 184 valence electrons. The summed E-state index contributed by atoms with van der Waals surface area (Å²) in [7, 11) is 0. The third-order valence-electron chi connectivity index (χ3n) is 6.28. The summed E-state index contributed by atoms with van der Waals surface area (Å²) in [5.74, 6) is 0.00722. The molecule has 2 amide bonds. The molecule has 0 aliphatic carbocycles. The number of carbonyl (C=O) groups is 2. The summed E-state index contributed by atoms with van der Waals surface area (Å²) < 4.78 is 6.66. The number of aromatic nitrogens is 2. The number of fused-ring (bicyclic) bond motifs is 1. The number of piperidine rings is 1. The van der Waals surface area contributed by atoms with Gasteiger partial charge in [-0.15, -0.1) is 0 Å². The largest absolute Gasteiger partial charge is 0.450 e. The van der Waals surface area contributed by atoms with Crippen LogP contribution in [0.3, 0.4) is 0 Å². The highest BCUT2D eigenvalue weighted by Crippen LogP contribution is 2.24. The van der Waals surface area contributed by atoms with Crippen LogP contribution in [0, 0.1) is 13.8 Å². The number of para-hydroxylation sites is 1. The van der Waals surface area contributed by atoms with Gasteiger partial charge in [-0.3, -0.25) is 14.2 Å².